The van der Waals surface area contributed by atoms with Crippen LogP contribution in [0.2, 0.25) is 0 Å². The second-order valence-corrected chi connectivity index (χ2v) is 2.35. The molecule has 1 aromatic carbocycles. The van der Waals surface area contributed by atoms with Crippen molar-refractivity contribution < 1.29 is 44.3 Å². The molecule has 1 heterocycles. The second-order valence-electron chi connectivity index (χ2n) is 2.35. The molecular weight excluding hydrogens is 164 g/mol. The van der Waals surface area contributed by atoms with E-state index in [1.807, 2.05) is 18.2 Å². The van der Waals surface area contributed by atoms with Gasteiger partial charge in [0.1, 0.15) is 11.3 Å². The number of nitrogens with zero attached hydrogens (tertiary/aromatic N) is 1. The van der Waals surface area contributed by atoms with Crippen LogP contribution in [0.3, 0.4) is 0 Å². The first-order valence-electron chi connectivity index (χ1n) is 3.40. The third kappa shape index (κ3) is 3.08. The molecule has 0 atom stereocenters. The maximum absolute atomic E-state index is 9.31. The van der Waals surface area contributed by atoms with Gasteiger partial charge in [0.05, 0.1) is 0 Å². The third-order valence-electron chi connectivity index (χ3n) is 1.61. The predicted octanol–water partition coefficient (Wildman–Crippen LogP) is -3.49. The summed E-state index contributed by atoms with van der Waals surface area (Å²) in [7, 11) is 0. The van der Waals surface area contributed by atoms with Gasteiger partial charge in [-0.2, -0.15) is 0 Å². The first-order chi connectivity index (χ1) is 5.38. The summed E-state index contributed by atoms with van der Waals surface area (Å²) < 4.78 is 0. The molecule has 0 saturated heterocycles. The molecule has 0 aliphatic carbocycles. The monoisotopic (exact) mass is 175 g/mol. The Morgan fingerprint density at radius 2 is 1.71 bits per heavy atom. The van der Waals surface area contributed by atoms with Crippen LogP contribution in [0.25, 0.3) is 10.9 Å². The summed E-state index contributed by atoms with van der Waals surface area (Å²) in [5.74, 6) is 0.239. The predicted molar refractivity (Wildman–Crippen MR) is 50.9 cm³/mol. The molecule has 0 saturated carbocycles. The average Bonchev–Trinajstić information content (AvgIpc) is 2.06. The number of phenols is 1. The molecular formula is C10H11Li2NO. The van der Waals surface area contributed by atoms with E-state index < -0.39 is 0 Å². The number of phenolic OH excluding ortho intramolecular Hbond substituents is 1. The number of para-hydroxylation sites is 1. The van der Waals surface area contributed by atoms with Crippen molar-refractivity contribution in [3.8, 4) is 5.75 Å². The first kappa shape index (κ1) is 16.1. The van der Waals surface area contributed by atoms with Gasteiger partial charge in [0.2, 0.25) is 0 Å². The topological polar surface area (TPSA) is 33.1 Å². The molecule has 0 aliphatic heterocycles. The Kier molecular flexibility index (Phi) is 8.02. The molecule has 0 spiro atoms. The largest absolute Gasteiger partial charge is 1.00 e. The van der Waals surface area contributed by atoms with Crippen molar-refractivity contribution >= 4 is 10.9 Å². The molecule has 1 N–H and O–H groups in total. The van der Waals surface area contributed by atoms with E-state index in [1.165, 1.54) is 0 Å². The normalized spacial score (nSPS) is 8.00. The van der Waals surface area contributed by atoms with Gasteiger partial charge < -0.3 is 14.0 Å². The zero-order valence-electron chi connectivity index (χ0n) is 9.86. The fourth-order valence-electron chi connectivity index (χ4n) is 1.09. The maximum atomic E-state index is 9.31. The average molecular weight is 175 g/mol. The van der Waals surface area contributed by atoms with Gasteiger partial charge in [-0.3, -0.25) is 4.98 Å². The molecule has 0 fully saturated rings. The molecule has 64 valence electrons. The summed E-state index contributed by atoms with van der Waals surface area (Å²) in [4.78, 5) is 4.03. The van der Waals surface area contributed by atoms with Crippen molar-refractivity contribution in [1.82, 2.24) is 4.98 Å². The van der Waals surface area contributed by atoms with Crippen molar-refractivity contribution in [3.05, 3.63) is 44.0 Å². The number of pyridine rings is 1. The number of rotatable bonds is 0. The zero-order chi connectivity index (χ0) is 7.68. The fraction of sp³-hybridized carbons (Fsp3) is 0. The third-order valence-corrected chi connectivity index (χ3v) is 1.61. The van der Waals surface area contributed by atoms with Gasteiger partial charge in [0.15, 0.2) is 0 Å². The van der Waals surface area contributed by atoms with Crippen molar-refractivity contribution in [2.75, 3.05) is 0 Å². The Bertz CT molecular complexity index is 393. The quantitative estimate of drug-likeness (QED) is 0.333. The van der Waals surface area contributed by atoms with Crippen LogP contribution in [0.4, 0.5) is 0 Å². The van der Waals surface area contributed by atoms with E-state index in [0.29, 0.717) is 5.52 Å². The fourth-order valence-corrected chi connectivity index (χ4v) is 1.09. The van der Waals surface area contributed by atoms with Gasteiger partial charge in [-0.25, -0.2) is 0 Å². The van der Waals surface area contributed by atoms with Crippen LogP contribution in [0.1, 0.15) is 1.43 Å². The van der Waals surface area contributed by atoms with E-state index >= 15 is 0 Å². The molecule has 2 nitrogen and oxygen atoms in total. The summed E-state index contributed by atoms with van der Waals surface area (Å²) in [6.07, 6.45) is 1.67. The van der Waals surface area contributed by atoms with Gasteiger partial charge in [0, 0.05) is 11.6 Å². The number of fused-ring (bicyclic) bond motifs is 1. The van der Waals surface area contributed by atoms with Crippen LogP contribution >= 0.6 is 0 Å². The maximum Gasteiger partial charge on any atom is 1.00 e. The minimum absolute atomic E-state index is 0. The van der Waals surface area contributed by atoms with Crippen LogP contribution < -0.4 is 37.7 Å². The van der Waals surface area contributed by atoms with Crippen molar-refractivity contribution in [2.24, 2.45) is 0 Å². The Morgan fingerprint density at radius 1 is 1.07 bits per heavy atom. The van der Waals surface area contributed by atoms with Crippen molar-refractivity contribution in [3.63, 3.8) is 0 Å². The van der Waals surface area contributed by atoms with E-state index in [-0.39, 0.29) is 52.3 Å². The SMILES string of the molecule is Oc1cccc2cccnc12.[CH3-].[H-].[Li+].[Li+]. The second kappa shape index (κ2) is 6.99. The van der Waals surface area contributed by atoms with E-state index in [4.69, 9.17) is 0 Å². The molecule has 0 amide bonds. The summed E-state index contributed by atoms with van der Waals surface area (Å²) in [6, 6.07) is 9.13. The summed E-state index contributed by atoms with van der Waals surface area (Å²) >= 11 is 0. The molecule has 0 radical (unpaired) electrons. The van der Waals surface area contributed by atoms with E-state index in [0.717, 1.165) is 5.39 Å². The molecule has 0 bridgehead atoms. The van der Waals surface area contributed by atoms with Crippen molar-refractivity contribution in [2.45, 2.75) is 0 Å². The molecule has 4 heteroatoms. The Balaban J connectivity index is -0.000000360. The first-order valence-corrected chi connectivity index (χ1v) is 3.40. The van der Waals surface area contributed by atoms with E-state index in [1.54, 1.807) is 18.3 Å². The summed E-state index contributed by atoms with van der Waals surface area (Å²) in [6.45, 7) is 0. The standard InChI is InChI=1S/C9H7NO.CH3.2Li.H/c11-8-5-1-3-7-4-2-6-10-9(7)8;;;;/h1-6,11H;1H3;;;/q;-1;2*+1;-1. The van der Waals surface area contributed by atoms with E-state index in [2.05, 4.69) is 4.98 Å². The van der Waals surface area contributed by atoms with Gasteiger partial charge in [-0.05, 0) is 12.1 Å². The minimum Gasteiger partial charge on any atom is -1.00 e. The number of benzene rings is 1. The molecule has 0 aliphatic rings. The Hall–Kier alpha value is -0.375. The van der Waals surface area contributed by atoms with Crippen LogP contribution in [0.5, 0.6) is 5.75 Å². The van der Waals surface area contributed by atoms with E-state index in [9.17, 15) is 5.11 Å². The molecule has 2 aromatic rings. The zero-order valence-corrected chi connectivity index (χ0v) is 8.86. The smallest absolute Gasteiger partial charge is 1.00 e. The summed E-state index contributed by atoms with van der Waals surface area (Å²) in [5.41, 5.74) is 0.662. The molecule has 0 unspecified atom stereocenters. The number of hydrogen-bond donors (Lipinski definition) is 1. The van der Waals surface area contributed by atoms with Gasteiger partial charge in [0.25, 0.3) is 0 Å². The molecule has 1 aromatic heterocycles. The van der Waals surface area contributed by atoms with Crippen LogP contribution in [-0.4, -0.2) is 10.1 Å². The van der Waals surface area contributed by atoms with Gasteiger partial charge in [-0.1, -0.05) is 18.2 Å². The van der Waals surface area contributed by atoms with Crippen molar-refractivity contribution in [1.29, 1.82) is 0 Å². The number of aromatic nitrogens is 1. The molecule has 2 rings (SSSR count). The molecule has 14 heavy (non-hydrogen) atoms. The van der Waals surface area contributed by atoms with Gasteiger partial charge >= 0.3 is 37.7 Å². The Labute approximate surface area is 110 Å². The van der Waals surface area contributed by atoms with Crippen LogP contribution in [-0.2, 0) is 0 Å². The van der Waals surface area contributed by atoms with Gasteiger partial charge in [-0.15, -0.1) is 0 Å². The number of hydrogen-bond acceptors (Lipinski definition) is 2. The Morgan fingerprint density at radius 3 is 2.36 bits per heavy atom. The summed E-state index contributed by atoms with van der Waals surface area (Å²) in [5, 5.41) is 10.3. The number of aromatic hydroxyl groups is 1. The van der Waals surface area contributed by atoms with Crippen LogP contribution in [0.15, 0.2) is 36.5 Å². The van der Waals surface area contributed by atoms with Crippen LogP contribution in [0, 0.1) is 7.43 Å². The minimum atomic E-state index is 0.